The second-order valence-corrected chi connectivity index (χ2v) is 4.51. The predicted molar refractivity (Wildman–Crippen MR) is 69.2 cm³/mol. The third kappa shape index (κ3) is 2.90. The van der Waals surface area contributed by atoms with E-state index in [0.29, 0.717) is 18.1 Å². The number of nitrogens with one attached hydrogen (secondary N) is 1. The van der Waals surface area contributed by atoms with Crippen molar-refractivity contribution < 1.29 is 4.79 Å². The number of hydrogen-bond acceptors (Lipinski definition) is 3. The van der Waals surface area contributed by atoms with Crippen LogP contribution in [0.1, 0.15) is 12.0 Å². The summed E-state index contributed by atoms with van der Waals surface area (Å²) in [7, 11) is 0. The summed E-state index contributed by atoms with van der Waals surface area (Å²) in [5.41, 5.74) is 7.47. The van der Waals surface area contributed by atoms with E-state index in [-0.39, 0.29) is 5.91 Å². The Hall–Kier alpha value is -1.26. The Morgan fingerprint density at radius 3 is 3.00 bits per heavy atom. The van der Waals surface area contributed by atoms with Crippen LogP contribution in [0, 0.1) is 0 Å². The fourth-order valence-corrected chi connectivity index (χ4v) is 2.18. The van der Waals surface area contributed by atoms with E-state index in [4.69, 9.17) is 17.3 Å². The van der Waals surface area contributed by atoms with Crippen molar-refractivity contribution in [3.63, 3.8) is 0 Å². The van der Waals surface area contributed by atoms with Crippen molar-refractivity contribution >= 4 is 23.2 Å². The molecule has 0 spiro atoms. The summed E-state index contributed by atoms with van der Waals surface area (Å²) >= 11 is 6.12. The van der Waals surface area contributed by atoms with Gasteiger partial charge in [-0.3, -0.25) is 4.79 Å². The van der Waals surface area contributed by atoms with Gasteiger partial charge in [-0.25, -0.2) is 0 Å². The average Bonchev–Trinajstić information content (AvgIpc) is 2.54. The third-order valence-corrected chi connectivity index (χ3v) is 3.24. The lowest BCUT2D eigenvalue weighted by atomic mass is 10.2. The van der Waals surface area contributed by atoms with E-state index in [0.717, 1.165) is 30.8 Å². The maximum absolute atomic E-state index is 11.5. The fourth-order valence-electron chi connectivity index (χ4n) is 1.92. The van der Waals surface area contributed by atoms with E-state index >= 15 is 0 Å². The predicted octanol–water partition coefficient (Wildman–Crippen LogP) is 1.12. The Morgan fingerprint density at radius 2 is 2.29 bits per heavy atom. The Bertz CT molecular complexity index is 422. The zero-order valence-electron chi connectivity index (χ0n) is 9.58. The highest BCUT2D eigenvalue weighted by Gasteiger charge is 2.15. The number of hydrogen-bond donors (Lipinski definition) is 2. The molecule has 5 heteroatoms. The number of amides is 1. The van der Waals surface area contributed by atoms with Gasteiger partial charge in [-0.2, -0.15) is 0 Å². The lowest BCUT2D eigenvalue weighted by Crippen LogP contribution is -2.33. The molecule has 1 fully saturated rings. The molecule has 0 unspecified atom stereocenters. The molecule has 92 valence electrons. The van der Waals surface area contributed by atoms with E-state index < -0.39 is 0 Å². The molecule has 1 heterocycles. The Kier molecular flexibility index (Phi) is 3.86. The summed E-state index contributed by atoms with van der Waals surface area (Å²) in [6.45, 7) is 2.42. The van der Waals surface area contributed by atoms with Gasteiger partial charge in [-0.05, 0) is 24.1 Å². The minimum atomic E-state index is 0.0570. The van der Waals surface area contributed by atoms with Gasteiger partial charge < -0.3 is 16.0 Å². The molecule has 1 aliphatic rings. The van der Waals surface area contributed by atoms with Crippen molar-refractivity contribution in [3.05, 3.63) is 28.8 Å². The molecule has 17 heavy (non-hydrogen) atoms. The van der Waals surface area contributed by atoms with Crippen molar-refractivity contribution in [1.82, 2.24) is 5.32 Å². The molecule has 1 aromatic rings. The first-order chi connectivity index (χ1) is 8.20. The van der Waals surface area contributed by atoms with E-state index in [1.165, 1.54) is 0 Å². The largest absolute Gasteiger partial charge is 0.362 e. The summed E-state index contributed by atoms with van der Waals surface area (Å²) in [6, 6.07) is 5.76. The van der Waals surface area contributed by atoms with Gasteiger partial charge in [-0.1, -0.05) is 17.7 Å². The van der Waals surface area contributed by atoms with E-state index in [1.54, 1.807) is 0 Å². The second-order valence-electron chi connectivity index (χ2n) is 4.10. The molecular weight excluding hydrogens is 238 g/mol. The highest BCUT2D eigenvalue weighted by Crippen LogP contribution is 2.24. The summed E-state index contributed by atoms with van der Waals surface area (Å²) < 4.78 is 0. The minimum absolute atomic E-state index is 0.0570. The molecule has 1 aromatic carbocycles. The third-order valence-electron chi connectivity index (χ3n) is 2.88. The molecule has 0 atom stereocenters. The standard InChI is InChI=1S/C12H16ClN3O/c13-11-6-10(3-2-9(11)7-14)16-5-1-4-15-12(17)8-16/h2-3,6H,1,4-5,7-8,14H2,(H,15,17). The van der Waals surface area contributed by atoms with Crippen LogP contribution in [0.2, 0.25) is 5.02 Å². The van der Waals surface area contributed by atoms with Gasteiger partial charge in [-0.15, -0.1) is 0 Å². The highest BCUT2D eigenvalue weighted by atomic mass is 35.5. The van der Waals surface area contributed by atoms with Gasteiger partial charge in [0.25, 0.3) is 0 Å². The topological polar surface area (TPSA) is 58.4 Å². The van der Waals surface area contributed by atoms with Crippen LogP contribution in [0.15, 0.2) is 18.2 Å². The van der Waals surface area contributed by atoms with Crippen LogP contribution in [0.25, 0.3) is 0 Å². The van der Waals surface area contributed by atoms with Crippen LogP contribution in [-0.2, 0) is 11.3 Å². The summed E-state index contributed by atoms with van der Waals surface area (Å²) in [4.78, 5) is 13.5. The SMILES string of the molecule is NCc1ccc(N2CCCNC(=O)C2)cc1Cl. The van der Waals surface area contributed by atoms with Gasteiger partial charge in [0.2, 0.25) is 5.91 Å². The number of nitrogens with zero attached hydrogens (tertiary/aromatic N) is 1. The zero-order chi connectivity index (χ0) is 12.3. The molecular formula is C12H16ClN3O. The lowest BCUT2D eigenvalue weighted by molar-refractivity contribution is -0.119. The average molecular weight is 254 g/mol. The summed E-state index contributed by atoms with van der Waals surface area (Å²) in [6.07, 6.45) is 0.946. The Labute approximate surface area is 106 Å². The van der Waals surface area contributed by atoms with Crippen LogP contribution >= 0.6 is 11.6 Å². The first-order valence-corrected chi connectivity index (χ1v) is 6.08. The van der Waals surface area contributed by atoms with E-state index in [2.05, 4.69) is 5.32 Å². The van der Waals surface area contributed by atoms with Crippen LogP contribution < -0.4 is 16.0 Å². The minimum Gasteiger partial charge on any atom is -0.362 e. The molecule has 0 saturated carbocycles. The number of rotatable bonds is 2. The van der Waals surface area contributed by atoms with Crippen LogP contribution in [-0.4, -0.2) is 25.5 Å². The van der Waals surface area contributed by atoms with Gasteiger partial charge in [0.1, 0.15) is 0 Å². The number of benzene rings is 1. The molecule has 1 aliphatic heterocycles. The second kappa shape index (κ2) is 5.38. The Morgan fingerprint density at radius 1 is 1.47 bits per heavy atom. The molecule has 2 rings (SSSR count). The number of carbonyl (C=O) groups is 1. The maximum atomic E-state index is 11.5. The normalized spacial score (nSPS) is 16.6. The van der Waals surface area contributed by atoms with E-state index in [9.17, 15) is 4.79 Å². The van der Waals surface area contributed by atoms with Crippen LogP contribution in [0.4, 0.5) is 5.69 Å². The van der Waals surface area contributed by atoms with Gasteiger partial charge in [0, 0.05) is 30.3 Å². The van der Waals surface area contributed by atoms with Crippen molar-refractivity contribution in [2.45, 2.75) is 13.0 Å². The van der Waals surface area contributed by atoms with Crippen molar-refractivity contribution in [3.8, 4) is 0 Å². The van der Waals surface area contributed by atoms with Gasteiger partial charge >= 0.3 is 0 Å². The van der Waals surface area contributed by atoms with Crippen molar-refractivity contribution in [2.75, 3.05) is 24.5 Å². The van der Waals surface area contributed by atoms with Crippen molar-refractivity contribution in [1.29, 1.82) is 0 Å². The van der Waals surface area contributed by atoms with Gasteiger partial charge in [0.05, 0.1) is 6.54 Å². The maximum Gasteiger partial charge on any atom is 0.239 e. The molecule has 1 saturated heterocycles. The van der Waals surface area contributed by atoms with Crippen LogP contribution in [0.5, 0.6) is 0 Å². The van der Waals surface area contributed by atoms with Gasteiger partial charge in [0.15, 0.2) is 0 Å². The number of halogens is 1. The first-order valence-electron chi connectivity index (χ1n) is 5.71. The molecule has 0 bridgehead atoms. The fraction of sp³-hybridized carbons (Fsp3) is 0.417. The molecule has 3 N–H and O–H groups in total. The molecule has 1 amide bonds. The molecule has 0 radical (unpaired) electrons. The number of anilines is 1. The summed E-state index contributed by atoms with van der Waals surface area (Å²) in [5, 5.41) is 3.51. The molecule has 4 nitrogen and oxygen atoms in total. The highest BCUT2D eigenvalue weighted by molar-refractivity contribution is 6.31. The smallest absolute Gasteiger partial charge is 0.239 e. The number of nitrogens with two attached hydrogens (primary N) is 1. The molecule has 0 aromatic heterocycles. The first kappa shape index (κ1) is 12.2. The van der Waals surface area contributed by atoms with Crippen molar-refractivity contribution in [2.24, 2.45) is 5.73 Å². The summed E-state index contributed by atoms with van der Waals surface area (Å²) in [5.74, 6) is 0.0570. The van der Waals surface area contributed by atoms with E-state index in [1.807, 2.05) is 23.1 Å². The molecule has 0 aliphatic carbocycles. The lowest BCUT2D eigenvalue weighted by Gasteiger charge is -2.22. The number of carbonyl (C=O) groups excluding carboxylic acids is 1. The Balaban J connectivity index is 2.20. The quantitative estimate of drug-likeness (QED) is 0.831. The zero-order valence-corrected chi connectivity index (χ0v) is 10.3. The van der Waals surface area contributed by atoms with Crippen LogP contribution in [0.3, 0.4) is 0 Å². The monoisotopic (exact) mass is 253 g/mol.